The van der Waals surface area contributed by atoms with Crippen molar-refractivity contribution in [3.8, 4) is 11.8 Å². The maximum Gasteiger partial charge on any atom is 0.122 e. The second-order valence-electron chi connectivity index (χ2n) is 9.75. The van der Waals surface area contributed by atoms with Crippen LogP contribution in [0.4, 0.5) is 11.4 Å². The summed E-state index contributed by atoms with van der Waals surface area (Å²) >= 11 is 1.47. The van der Waals surface area contributed by atoms with E-state index in [2.05, 4.69) is 121 Å². The molecule has 0 bridgehead atoms. The largest absolute Gasteiger partial charge is 0.341 e. The summed E-state index contributed by atoms with van der Waals surface area (Å²) in [6.45, 7) is 2.47. The van der Waals surface area contributed by atoms with Gasteiger partial charge in [-0.15, -0.1) is 0 Å². The quantitative estimate of drug-likeness (QED) is 0.142. The Morgan fingerprint density at radius 2 is 1.65 bits per heavy atom. The molecule has 0 saturated heterocycles. The van der Waals surface area contributed by atoms with E-state index in [-0.39, 0.29) is 0 Å². The minimum absolute atomic E-state index is 0.405. The van der Waals surface area contributed by atoms with Crippen LogP contribution in [-0.2, 0) is 22.8 Å². The summed E-state index contributed by atoms with van der Waals surface area (Å²) < 4.78 is 5.81. The molecule has 0 spiro atoms. The fourth-order valence-corrected chi connectivity index (χ4v) is 5.61. The van der Waals surface area contributed by atoms with Crippen molar-refractivity contribution in [2.75, 3.05) is 38.7 Å². The molecule has 3 nitrogen and oxygen atoms in total. The second kappa shape index (κ2) is 12.3. The van der Waals surface area contributed by atoms with Crippen molar-refractivity contribution in [1.29, 1.82) is 0 Å². The predicted molar refractivity (Wildman–Crippen MR) is 159 cm³/mol. The number of aryl methyl sites for hydroxylation is 2. The third kappa shape index (κ3) is 6.37. The van der Waals surface area contributed by atoms with Crippen LogP contribution in [0.1, 0.15) is 28.7 Å². The summed E-state index contributed by atoms with van der Waals surface area (Å²) in [6.07, 6.45) is 3.23. The van der Waals surface area contributed by atoms with Gasteiger partial charge in [0.15, 0.2) is 0 Å². The molecule has 1 aliphatic heterocycles. The van der Waals surface area contributed by atoms with Crippen LogP contribution in [-0.4, -0.2) is 38.7 Å². The van der Waals surface area contributed by atoms with E-state index in [1.807, 2.05) is 0 Å². The van der Waals surface area contributed by atoms with Crippen molar-refractivity contribution < 1.29 is 4.18 Å². The van der Waals surface area contributed by atoms with E-state index in [0.29, 0.717) is 6.61 Å². The highest BCUT2D eigenvalue weighted by atomic mass is 32.2. The molecule has 1 heterocycles. The zero-order valence-electron chi connectivity index (χ0n) is 21.7. The highest BCUT2D eigenvalue weighted by molar-refractivity contribution is 7.93. The lowest BCUT2D eigenvalue weighted by Crippen LogP contribution is -2.24. The van der Waals surface area contributed by atoms with Crippen LogP contribution >= 0.6 is 12.0 Å². The Hall–Kier alpha value is -3.23. The van der Waals surface area contributed by atoms with Crippen molar-refractivity contribution in [3.63, 3.8) is 0 Å². The Kier molecular flexibility index (Phi) is 8.48. The maximum atomic E-state index is 5.81. The number of anilines is 2. The van der Waals surface area contributed by atoms with Gasteiger partial charge in [-0.05, 0) is 97.6 Å². The number of nitrogens with zero attached hydrogens (tertiary/aromatic N) is 2. The number of para-hydroxylation sites is 1. The van der Waals surface area contributed by atoms with Crippen LogP contribution in [0.15, 0.2) is 84.9 Å². The number of benzene rings is 4. The molecule has 1 aliphatic rings. The first-order chi connectivity index (χ1) is 18.2. The van der Waals surface area contributed by atoms with Gasteiger partial charge in [-0.25, -0.2) is 0 Å². The minimum atomic E-state index is 0.405. The zero-order chi connectivity index (χ0) is 25.5. The summed E-state index contributed by atoms with van der Waals surface area (Å²) in [7, 11) is 4.28. The van der Waals surface area contributed by atoms with Gasteiger partial charge in [0, 0.05) is 29.2 Å². The van der Waals surface area contributed by atoms with E-state index in [9.17, 15) is 0 Å². The van der Waals surface area contributed by atoms with Crippen molar-refractivity contribution in [2.24, 2.45) is 0 Å². The molecule has 0 saturated carbocycles. The van der Waals surface area contributed by atoms with Crippen molar-refractivity contribution in [2.45, 2.75) is 25.0 Å². The molecule has 0 fully saturated rings. The Bertz CT molecular complexity index is 1410. The van der Waals surface area contributed by atoms with E-state index in [1.54, 1.807) is 0 Å². The van der Waals surface area contributed by atoms with Gasteiger partial charge in [0.2, 0.25) is 0 Å². The Morgan fingerprint density at radius 3 is 2.54 bits per heavy atom. The summed E-state index contributed by atoms with van der Waals surface area (Å²) in [4.78, 5) is 4.76. The van der Waals surface area contributed by atoms with Gasteiger partial charge in [-0.3, -0.25) is 0 Å². The van der Waals surface area contributed by atoms with Crippen LogP contribution in [0.2, 0.25) is 0 Å². The molecule has 4 heteroatoms. The average Bonchev–Trinajstić information content (AvgIpc) is 3.07. The van der Waals surface area contributed by atoms with Crippen LogP contribution < -0.4 is 4.90 Å². The topological polar surface area (TPSA) is 15.7 Å². The Labute approximate surface area is 225 Å². The second-order valence-corrected chi connectivity index (χ2v) is 10.5. The molecular weight excluding hydrogens is 472 g/mol. The normalized spacial score (nSPS) is 12.6. The Balaban J connectivity index is 1.25. The van der Waals surface area contributed by atoms with E-state index in [4.69, 9.17) is 4.18 Å². The van der Waals surface area contributed by atoms with Crippen LogP contribution in [0.25, 0.3) is 10.8 Å². The lowest BCUT2D eigenvalue weighted by atomic mass is 10.0. The zero-order valence-corrected chi connectivity index (χ0v) is 22.6. The van der Waals surface area contributed by atoms with Crippen molar-refractivity contribution >= 4 is 34.2 Å². The summed E-state index contributed by atoms with van der Waals surface area (Å²) in [5, 5.41) is 2.55. The van der Waals surface area contributed by atoms with E-state index >= 15 is 0 Å². The van der Waals surface area contributed by atoms with Gasteiger partial charge in [-0.1, -0.05) is 78.6 Å². The highest BCUT2D eigenvalue weighted by Gasteiger charge is 2.20. The fourth-order valence-electron chi connectivity index (χ4n) is 5.01. The monoisotopic (exact) mass is 506 g/mol. The molecule has 188 valence electrons. The van der Waals surface area contributed by atoms with Gasteiger partial charge in [0.05, 0.1) is 0 Å². The number of hydrogen-bond acceptors (Lipinski definition) is 4. The summed E-state index contributed by atoms with van der Waals surface area (Å²) in [5.41, 5.74) is 7.77. The molecule has 0 unspecified atom stereocenters. The van der Waals surface area contributed by atoms with Crippen molar-refractivity contribution in [3.05, 3.63) is 107 Å². The SMILES string of the molecule is CN(C)CCCN1c2ccccc2CCc2ccc(C#CCOSCc3cccc4ccccc34)cc21. The lowest BCUT2D eigenvalue weighted by molar-refractivity contribution is 0.402. The van der Waals surface area contributed by atoms with Gasteiger partial charge in [-0.2, -0.15) is 0 Å². The van der Waals surface area contributed by atoms with E-state index < -0.39 is 0 Å². The smallest absolute Gasteiger partial charge is 0.122 e. The molecule has 0 radical (unpaired) electrons. The van der Waals surface area contributed by atoms with Gasteiger partial charge < -0.3 is 14.0 Å². The molecule has 0 aliphatic carbocycles. The number of rotatable bonds is 8. The first kappa shape index (κ1) is 25.4. The van der Waals surface area contributed by atoms with Crippen LogP contribution in [0, 0.1) is 11.8 Å². The predicted octanol–water partition coefficient (Wildman–Crippen LogP) is 7.24. The van der Waals surface area contributed by atoms with Gasteiger partial charge >= 0.3 is 0 Å². The molecule has 0 atom stereocenters. The van der Waals surface area contributed by atoms with Crippen LogP contribution in [0.5, 0.6) is 0 Å². The molecule has 5 rings (SSSR count). The maximum absolute atomic E-state index is 5.81. The molecule has 4 aromatic carbocycles. The number of hydrogen-bond donors (Lipinski definition) is 0. The first-order valence-corrected chi connectivity index (χ1v) is 13.9. The Morgan fingerprint density at radius 1 is 0.865 bits per heavy atom. The average molecular weight is 507 g/mol. The fraction of sp³-hybridized carbons (Fsp3) is 0.273. The third-order valence-electron chi connectivity index (χ3n) is 6.85. The third-order valence-corrected chi connectivity index (χ3v) is 7.56. The molecule has 37 heavy (non-hydrogen) atoms. The lowest BCUT2D eigenvalue weighted by Gasteiger charge is -2.28. The standard InChI is InChI=1S/C33H34N2OS/c1-34(2)21-9-22-35-32-16-6-4-12-28(32)19-20-29-18-17-26(24-33(29)35)10-8-23-36-37-25-30-14-7-13-27-11-3-5-15-31(27)30/h3-7,11-18,24H,9,19-23,25H2,1-2H3. The first-order valence-electron chi connectivity index (χ1n) is 13.0. The number of fused-ring (bicyclic) bond motifs is 3. The molecule has 0 aromatic heterocycles. The highest BCUT2D eigenvalue weighted by Crippen LogP contribution is 2.36. The van der Waals surface area contributed by atoms with Crippen molar-refractivity contribution in [1.82, 2.24) is 4.90 Å². The molecule has 0 N–H and O–H groups in total. The summed E-state index contributed by atoms with van der Waals surface area (Å²) in [5.74, 6) is 7.37. The summed E-state index contributed by atoms with van der Waals surface area (Å²) in [6, 6.07) is 30.5. The molecule has 4 aromatic rings. The van der Waals surface area contributed by atoms with E-state index in [1.165, 1.54) is 50.9 Å². The van der Waals surface area contributed by atoms with E-state index in [0.717, 1.165) is 43.7 Å². The van der Waals surface area contributed by atoms with Gasteiger partial charge in [0.25, 0.3) is 0 Å². The van der Waals surface area contributed by atoms with Crippen LogP contribution in [0.3, 0.4) is 0 Å². The molecular formula is C33H34N2OS. The molecule has 0 amide bonds. The van der Waals surface area contributed by atoms with Gasteiger partial charge in [0.1, 0.15) is 6.61 Å². The minimum Gasteiger partial charge on any atom is -0.341 e.